The van der Waals surface area contributed by atoms with Crippen LogP contribution in [0.25, 0.3) is 0 Å². The summed E-state index contributed by atoms with van der Waals surface area (Å²) >= 11 is 3.60. The molecule has 0 unspecified atom stereocenters. The van der Waals surface area contributed by atoms with E-state index in [1.807, 2.05) is 11.8 Å². The summed E-state index contributed by atoms with van der Waals surface area (Å²) in [6.07, 6.45) is 1.68. The summed E-state index contributed by atoms with van der Waals surface area (Å²) in [5.41, 5.74) is 0. The van der Waals surface area contributed by atoms with Gasteiger partial charge in [-0.2, -0.15) is 5.26 Å². The molecular formula is C8H9NS2. The molecule has 0 amide bonds. The first-order valence-electron chi connectivity index (χ1n) is 3.47. The van der Waals surface area contributed by atoms with Gasteiger partial charge < -0.3 is 0 Å². The number of thioether (sulfide) groups is 1. The van der Waals surface area contributed by atoms with E-state index in [-0.39, 0.29) is 0 Å². The minimum absolute atomic E-state index is 0.679. The summed E-state index contributed by atoms with van der Waals surface area (Å²) < 4.78 is 1.35. The fraction of sp³-hybridized carbons (Fsp3) is 0.375. The Morgan fingerprint density at radius 2 is 2.55 bits per heavy atom. The standard InChI is InChI=1S/C8H9NS2/c9-5-1-2-6-10-8-4-3-7-11-8/h3-4,7H,1-2,6H2. The van der Waals surface area contributed by atoms with Gasteiger partial charge in [0, 0.05) is 6.42 Å². The van der Waals surface area contributed by atoms with Crippen LogP contribution in [-0.2, 0) is 0 Å². The number of nitrogens with zero attached hydrogens (tertiary/aromatic N) is 1. The Kier molecular flexibility index (Phi) is 4.10. The first kappa shape index (κ1) is 8.63. The second-order valence-electron chi connectivity index (χ2n) is 2.04. The molecule has 1 heterocycles. The highest BCUT2D eigenvalue weighted by Crippen LogP contribution is 2.23. The van der Waals surface area contributed by atoms with Crippen molar-refractivity contribution in [3.8, 4) is 6.07 Å². The van der Waals surface area contributed by atoms with Gasteiger partial charge in [0.25, 0.3) is 0 Å². The van der Waals surface area contributed by atoms with Crippen LogP contribution in [0, 0.1) is 11.3 Å². The van der Waals surface area contributed by atoms with E-state index in [9.17, 15) is 0 Å². The van der Waals surface area contributed by atoms with Gasteiger partial charge in [-0.3, -0.25) is 0 Å². The molecule has 0 aliphatic heterocycles. The van der Waals surface area contributed by atoms with Crippen LogP contribution < -0.4 is 0 Å². The molecule has 1 nitrogen and oxygen atoms in total. The van der Waals surface area contributed by atoms with Gasteiger partial charge in [-0.25, -0.2) is 0 Å². The molecule has 0 N–H and O–H groups in total. The molecule has 1 rings (SSSR count). The Labute approximate surface area is 75.0 Å². The van der Waals surface area contributed by atoms with Crippen molar-refractivity contribution in [1.29, 1.82) is 5.26 Å². The molecular weight excluding hydrogens is 174 g/mol. The Bertz CT molecular complexity index is 223. The first-order chi connectivity index (χ1) is 5.43. The average molecular weight is 183 g/mol. The Balaban J connectivity index is 2.10. The van der Waals surface area contributed by atoms with Gasteiger partial charge in [0.1, 0.15) is 0 Å². The van der Waals surface area contributed by atoms with Crippen molar-refractivity contribution in [1.82, 2.24) is 0 Å². The van der Waals surface area contributed by atoms with Crippen molar-refractivity contribution in [2.24, 2.45) is 0 Å². The van der Waals surface area contributed by atoms with E-state index in [2.05, 4.69) is 23.6 Å². The lowest BCUT2D eigenvalue weighted by Crippen LogP contribution is -1.75. The Hall–Kier alpha value is -0.460. The smallest absolute Gasteiger partial charge is 0.0622 e. The Morgan fingerprint density at radius 1 is 1.64 bits per heavy atom. The molecule has 0 bridgehead atoms. The highest BCUT2D eigenvalue weighted by Gasteiger charge is 1.92. The Morgan fingerprint density at radius 3 is 3.18 bits per heavy atom. The minimum Gasteiger partial charge on any atom is -0.198 e. The molecule has 0 saturated heterocycles. The first-order valence-corrected chi connectivity index (χ1v) is 5.33. The summed E-state index contributed by atoms with van der Waals surface area (Å²) in [7, 11) is 0. The molecule has 0 aliphatic carbocycles. The van der Waals surface area contributed by atoms with Crippen molar-refractivity contribution in [2.75, 3.05) is 5.75 Å². The van der Waals surface area contributed by atoms with E-state index in [4.69, 9.17) is 5.26 Å². The van der Waals surface area contributed by atoms with Gasteiger partial charge in [-0.15, -0.1) is 23.1 Å². The van der Waals surface area contributed by atoms with Crippen LogP contribution in [0.15, 0.2) is 21.7 Å². The van der Waals surface area contributed by atoms with Crippen LogP contribution in [-0.4, -0.2) is 5.75 Å². The van der Waals surface area contributed by atoms with E-state index in [1.165, 1.54) is 4.21 Å². The normalized spacial score (nSPS) is 9.36. The van der Waals surface area contributed by atoms with E-state index in [1.54, 1.807) is 11.3 Å². The summed E-state index contributed by atoms with van der Waals surface area (Å²) in [6.45, 7) is 0. The fourth-order valence-corrected chi connectivity index (χ4v) is 2.47. The SMILES string of the molecule is N#CCCCSc1cccs1. The second kappa shape index (κ2) is 5.22. The van der Waals surface area contributed by atoms with Crippen LogP contribution in [0.5, 0.6) is 0 Å². The largest absolute Gasteiger partial charge is 0.198 e. The number of thiophene rings is 1. The zero-order valence-electron chi connectivity index (χ0n) is 6.12. The predicted octanol–water partition coefficient (Wildman–Crippen LogP) is 3.14. The van der Waals surface area contributed by atoms with Crippen molar-refractivity contribution in [3.63, 3.8) is 0 Å². The summed E-state index contributed by atoms with van der Waals surface area (Å²) in [5.74, 6) is 1.06. The van der Waals surface area contributed by atoms with Crippen molar-refractivity contribution in [2.45, 2.75) is 17.1 Å². The molecule has 58 valence electrons. The molecule has 1 aromatic rings. The molecule has 0 spiro atoms. The molecule has 0 aliphatic rings. The minimum atomic E-state index is 0.679. The van der Waals surface area contributed by atoms with Crippen LogP contribution in [0.2, 0.25) is 0 Å². The monoisotopic (exact) mass is 183 g/mol. The van der Waals surface area contributed by atoms with Gasteiger partial charge in [0.05, 0.1) is 10.3 Å². The van der Waals surface area contributed by atoms with Crippen molar-refractivity contribution in [3.05, 3.63) is 17.5 Å². The van der Waals surface area contributed by atoms with Gasteiger partial charge in [0.2, 0.25) is 0 Å². The lowest BCUT2D eigenvalue weighted by molar-refractivity contribution is 0.982. The third-order valence-electron chi connectivity index (χ3n) is 1.17. The topological polar surface area (TPSA) is 23.8 Å². The molecule has 0 aromatic carbocycles. The molecule has 0 saturated carbocycles. The lowest BCUT2D eigenvalue weighted by Gasteiger charge is -1.92. The maximum absolute atomic E-state index is 8.27. The number of rotatable bonds is 4. The lowest BCUT2D eigenvalue weighted by atomic mass is 10.4. The molecule has 0 fully saturated rings. The zero-order chi connectivity index (χ0) is 7.94. The number of hydrogen-bond donors (Lipinski definition) is 0. The predicted molar refractivity (Wildman–Crippen MR) is 49.9 cm³/mol. The summed E-state index contributed by atoms with van der Waals surface area (Å²) in [6, 6.07) is 6.30. The number of nitriles is 1. The molecule has 0 atom stereocenters. The van der Waals surface area contributed by atoms with Crippen molar-refractivity contribution < 1.29 is 0 Å². The van der Waals surface area contributed by atoms with Crippen molar-refractivity contribution >= 4 is 23.1 Å². The fourth-order valence-electron chi connectivity index (χ4n) is 0.670. The van der Waals surface area contributed by atoms with Crippen LogP contribution >= 0.6 is 23.1 Å². The van der Waals surface area contributed by atoms with Crippen LogP contribution in [0.1, 0.15) is 12.8 Å². The number of hydrogen-bond acceptors (Lipinski definition) is 3. The summed E-state index contributed by atoms with van der Waals surface area (Å²) in [5, 5.41) is 10.3. The second-order valence-corrected chi connectivity index (χ2v) is 4.39. The molecule has 3 heteroatoms. The quantitative estimate of drug-likeness (QED) is 0.529. The van der Waals surface area contributed by atoms with E-state index in [0.29, 0.717) is 6.42 Å². The van der Waals surface area contributed by atoms with Gasteiger partial charge in [-0.1, -0.05) is 6.07 Å². The zero-order valence-corrected chi connectivity index (χ0v) is 7.75. The maximum Gasteiger partial charge on any atom is 0.0622 e. The van der Waals surface area contributed by atoms with E-state index < -0.39 is 0 Å². The third-order valence-corrected chi connectivity index (χ3v) is 3.39. The summed E-state index contributed by atoms with van der Waals surface area (Å²) in [4.78, 5) is 0. The highest BCUT2D eigenvalue weighted by molar-refractivity contribution is 8.01. The number of unbranched alkanes of at least 4 members (excludes halogenated alkanes) is 1. The third kappa shape index (κ3) is 3.45. The average Bonchev–Trinajstić information content (AvgIpc) is 2.50. The van der Waals surface area contributed by atoms with Gasteiger partial charge in [0.15, 0.2) is 0 Å². The highest BCUT2D eigenvalue weighted by atomic mass is 32.2. The molecule has 11 heavy (non-hydrogen) atoms. The van der Waals surface area contributed by atoms with E-state index in [0.717, 1.165) is 12.2 Å². The molecule has 1 aromatic heterocycles. The van der Waals surface area contributed by atoms with E-state index >= 15 is 0 Å². The maximum atomic E-state index is 8.27. The van der Waals surface area contributed by atoms with Gasteiger partial charge >= 0.3 is 0 Å². The van der Waals surface area contributed by atoms with Crippen LogP contribution in [0.4, 0.5) is 0 Å². The van der Waals surface area contributed by atoms with Gasteiger partial charge in [-0.05, 0) is 23.6 Å². The molecule has 0 radical (unpaired) electrons. The van der Waals surface area contributed by atoms with Crippen LogP contribution in [0.3, 0.4) is 0 Å².